The Morgan fingerprint density at radius 2 is 1.84 bits per heavy atom. The molecule has 3 heterocycles. The smallest absolute Gasteiger partial charge is 0.164 e. The van der Waals surface area contributed by atoms with E-state index in [2.05, 4.69) is 25.9 Å². The summed E-state index contributed by atoms with van der Waals surface area (Å²) in [5, 5.41) is 5.82. The fourth-order valence-electron chi connectivity index (χ4n) is 4.18. The van der Waals surface area contributed by atoms with E-state index < -0.39 is 0 Å². The number of nitrogen functional groups attached to an aromatic ring is 1. The van der Waals surface area contributed by atoms with Gasteiger partial charge in [-0.15, -0.1) is 0 Å². The summed E-state index contributed by atoms with van der Waals surface area (Å²) in [7, 11) is 0. The molecule has 0 radical (unpaired) electrons. The van der Waals surface area contributed by atoms with Crippen LogP contribution in [-0.2, 0) is 0 Å². The minimum absolute atomic E-state index is 0.258. The van der Waals surface area contributed by atoms with Crippen molar-refractivity contribution in [3.8, 4) is 22.8 Å². The predicted molar refractivity (Wildman–Crippen MR) is 130 cm³/mol. The van der Waals surface area contributed by atoms with Gasteiger partial charge in [-0.3, -0.25) is 0 Å². The molecule has 1 aliphatic rings. The van der Waals surface area contributed by atoms with Crippen molar-refractivity contribution in [2.24, 2.45) is 0 Å². The first-order chi connectivity index (χ1) is 15.7. The number of aromatic nitrogens is 4. The zero-order valence-corrected chi connectivity index (χ0v) is 18.8. The highest BCUT2D eigenvalue weighted by Crippen LogP contribution is 2.35. The summed E-state index contributed by atoms with van der Waals surface area (Å²) in [5.74, 6) is 3.10. The molecule has 0 spiro atoms. The Morgan fingerprint density at radius 3 is 2.62 bits per heavy atom. The molecule has 0 aliphatic carbocycles. The third-order valence-electron chi connectivity index (χ3n) is 5.64. The Bertz CT molecular complexity index is 1190. The van der Waals surface area contributed by atoms with Crippen LogP contribution in [0.15, 0.2) is 60.9 Å². The molecule has 1 atom stereocenters. The van der Waals surface area contributed by atoms with Crippen LogP contribution in [-0.4, -0.2) is 42.9 Å². The van der Waals surface area contributed by atoms with Crippen LogP contribution >= 0.6 is 11.9 Å². The zero-order chi connectivity index (χ0) is 21.9. The van der Waals surface area contributed by atoms with E-state index in [1.54, 1.807) is 0 Å². The highest BCUT2D eigenvalue weighted by Gasteiger charge is 2.26. The number of rotatable bonds is 6. The number of hydrogen-bond donors (Lipinski definition) is 1. The third kappa shape index (κ3) is 4.16. The lowest BCUT2D eigenvalue weighted by atomic mass is 10.1. The number of nitrogens with two attached hydrogens (primary N) is 1. The molecule has 2 aromatic heterocycles. The molecule has 0 unspecified atom stereocenters. The van der Waals surface area contributed by atoms with Crippen molar-refractivity contribution in [3.05, 3.63) is 60.9 Å². The van der Waals surface area contributed by atoms with Gasteiger partial charge in [0, 0.05) is 24.4 Å². The quantitative estimate of drug-likeness (QED) is 0.409. The maximum absolute atomic E-state index is 6.30. The fourth-order valence-corrected chi connectivity index (χ4v) is 5.08. The average Bonchev–Trinajstić information content (AvgIpc) is 3.22. The maximum atomic E-state index is 6.30. The Kier molecular flexibility index (Phi) is 5.96. The van der Waals surface area contributed by atoms with Crippen molar-refractivity contribution in [1.82, 2.24) is 24.1 Å². The second-order valence-electron chi connectivity index (χ2n) is 7.79. The van der Waals surface area contributed by atoms with Gasteiger partial charge in [0.1, 0.15) is 29.3 Å². The fraction of sp³-hybridized carbons (Fsp3) is 0.292. The summed E-state index contributed by atoms with van der Waals surface area (Å²) < 4.78 is 10.4. The summed E-state index contributed by atoms with van der Waals surface area (Å²) in [6.07, 6.45) is 3.74. The number of anilines is 1. The van der Waals surface area contributed by atoms with E-state index in [0.29, 0.717) is 5.82 Å². The van der Waals surface area contributed by atoms with Gasteiger partial charge in [0.05, 0.1) is 11.4 Å². The molecule has 7 nitrogen and oxygen atoms in total. The second kappa shape index (κ2) is 9.18. The van der Waals surface area contributed by atoms with Gasteiger partial charge in [0.25, 0.3) is 0 Å². The van der Waals surface area contributed by atoms with E-state index >= 15 is 0 Å². The number of para-hydroxylation sites is 1. The second-order valence-corrected chi connectivity index (χ2v) is 9.14. The molecular formula is C24H26N6OS. The van der Waals surface area contributed by atoms with Gasteiger partial charge in [-0.05, 0) is 49.2 Å². The highest BCUT2D eigenvalue weighted by molar-refractivity contribution is 7.96. The van der Waals surface area contributed by atoms with Crippen molar-refractivity contribution in [2.75, 3.05) is 24.6 Å². The summed E-state index contributed by atoms with van der Waals surface area (Å²) in [4.78, 5) is 8.81. The van der Waals surface area contributed by atoms with E-state index in [0.717, 1.165) is 65.5 Å². The number of fused-ring (bicyclic) bond motifs is 1. The number of piperidine rings is 1. The minimum atomic E-state index is 0.258. The molecule has 2 aromatic carbocycles. The maximum Gasteiger partial charge on any atom is 0.164 e. The third-order valence-corrected chi connectivity index (χ3v) is 6.60. The van der Waals surface area contributed by atoms with Gasteiger partial charge < -0.3 is 10.5 Å². The van der Waals surface area contributed by atoms with Crippen molar-refractivity contribution >= 4 is 28.8 Å². The van der Waals surface area contributed by atoms with Gasteiger partial charge in [-0.1, -0.05) is 37.1 Å². The van der Waals surface area contributed by atoms with E-state index in [9.17, 15) is 0 Å². The number of benzene rings is 2. The number of nitrogens with zero attached hydrogens (tertiary/aromatic N) is 5. The molecule has 0 amide bonds. The standard InChI is InChI=1S/C24H26N6OS/c1-2-32-29-14-6-7-18(15-29)30-24-21(23(25)26-16-27-24)22(28-30)17-10-12-20(13-11-17)31-19-8-4-3-5-9-19/h3-5,8-13,16,18H,2,6-7,14-15H2,1H3,(H2,25,26,27)/t18-/m1/s1. The lowest BCUT2D eigenvalue weighted by Crippen LogP contribution is -2.32. The first-order valence-corrected chi connectivity index (χ1v) is 11.9. The molecule has 0 saturated carbocycles. The summed E-state index contributed by atoms with van der Waals surface area (Å²) in [6.45, 7) is 4.25. The lowest BCUT2D eigenvalue weighted by Gasteiger charge is -2.31. The number of hydrogen-bond acceptors (Lipinski definition) is 7. The molecule has 1 aliphatic heterocycles. The number of ether oxygens (including phenoxy) is 1. The normalized spacial score (nSPS) is 17.0. The Balaban J connectivity index is 1.49. The van der Waals surface area contributed by atoms with Crippen LogP contribution in [0, 0.1) is 0 Å². The van der Waals surface area contributed by atoms with Crippen molar-refractivity contribution in [1.29, 1.82) is 0 Å². The van der Waals surface area contributed by atoms with Gasteiger partial charge in [0.2, 0.25) is 0 Å². The van der Waals surface area contributed by atoms with Crippen molar-refractivity contribution in [2.45, 2.75) is 25.8 Å². The average molecular weight is 447 g/mol. The van der Waals surface area contributed by atoms with Gasteiger partial charge in [-0.25, -0.2) is 19.0 Å². The van der Waals surface area contributed by atoms with E-state index in [1.165, 1.54) is 6.33 Å². The summed E-state index contributed by atoms with van der Waals surface area (Å²) in [6, 6.07) is 17.9. The first kappa shape index (κ1) is 20.8. The van der Waals surface area contributed by atoms with Crippen LogP contribution in [0.2, 0.25) is 0 Å². The summed E-state index contributed by atoms with van der Waals surface area (Å²) >= 11 is 1.89. The Labute approximate surface area is 191 Å². The lowest BCUT2D eigenvalue weighted by molar-refractivity contribution is 0.274. The van der Waals surface area contributed by atoms with Gasteiger partial charge >= 0.3 is 0 Å². The van der Waals surface area contributed by atoms with Crippen LogP contribution in [0.3, 0.4) is 0 Å². The van der Waals surface area contributed by atoms with Crippen LogP contribution in [0.25, 0.3) is 22.3 Å². The van der Waals surface area contributed by atoms with Crippen LogP contribution in [0.5, 0.6) is 11.5 Å². The van der Waals surface area contributed by atoms with E-state index in [4.69, 9.17) is 15.6 Å². The van der Waals surface area contributed by atoms with Crippen molar-refractivity contribution in [3.63, 3.8) is 0 Å². The first-order valence-electron chi connectivity index (χ1n) is 10.9. The molecule has 32 heavy (non-hydrogen) atoms. The molecular weight excluding hydrogens is 420 g/mol. The Hall–Kier alpha value is -3.10. The zero-order valence-electron chi connectivity index (χ0n) is 18.0. The molecule has 1 saturated heterocycles. The van der Waals surface area contributed by atoms with E-state index in [1.807, 2.05) is 66.5 Å². The highest BCUT2D eigenvalue weighted by atomic mass is 32.2. The van der Waals surface area contributed by atoms with E-state index in [-0.39, 0.29) is 6.04 Å². The topological polar surface area (TPSA) is 82.1 Å². The Morgan fingerprint density at radius 1 is 1.06 bits per heavy atom. The molecule has 4 aromatic rings. The van der Waals surface area contributed by atoms with Gasteiger partial charge in [0.15, 0.2) is 5.65 Å². The monoisotopic (exact) mass is 446 g/mol. The summed E-state index contributed by atoms with van der Waals surface area (Å²) in [5.41, 5.74) is 8.87. The van der Waals surface area contributed by atoms with Crippen LogP contribution in [0.4, 0.5) is 5.82 Å². The molecule has 1 fully saturated rings. The minimum Gasteiger partial charge on any atom is -0.457 e. The largest absolute Gasteiger partial charge is 0.457 e. The van der Waals surface area contributed by atoms with Gasteiger partial charge in [-0.2, -0.15) is 5.10 Å². The molecule has 2 N–H and O–H groups in total. The molecule has 0 bridgehead atoms. The SMILES string of the molecule is CCSN1CCC[C@@H](n2nc(-c3ccc(Oc4ccccc4)cc3)c3c(N)ncnc32)C1. The molecule has 5 rings (SSSR count). The molecule has 8 heteroatoms. The van der Waals surface area contributed by atoms with Crippen LogP contribution in [0.1, 0.15) is 25.8 Å². The molecule has 164 valence electrons. The van der Waals surface area contributed by atoms with Crippen molar-refractivity contribution < 1.29 is 4.74 Å². The predicted octanol–water partition coefficient (Wildman–Crippen LogP) is 5.17. The van der Waals surface area contributed by atoms with Crippen LogP contribution < -0.4 is 10.5 Å².